The molecule has 0 saturated carbocycles. The fourth-order valence-electron chi connectivity index (χ4n) is 1.92. The molecule has 0 bridgehead atoms. The Bertz CT molecular complexity index is 177. The molecule has 2 saturated heterocycles. The number of piperazine rings is 1. The van der Waals surface area contributed by atoms with Crippen LogP contribution in [0.1, 0.15) is 6.42 Å². The molecular weight excluding hydrogens is 154 g/mol. The van der Waals surface area contributed by atoms with Crippen molar-refractivity contribution >= 4 is 5.91 Å². The highest BCUT2D eigenvalue weighted by Crippen LogP contribution is 2.08. The van der Waals surface area contributed by atoms with Gasteiger partial charge in [-0.15, -0.1) is 0 Å². The van der Waals surface area contributed by atoms with E-state index in [1.54, 1.807) is 0 Å². The minimum atomic E-state index is 0.174. The van der Waals surface area contributed by atoms with Gasteiger partial charge in [0, 0.05) is 25.7 Å². The molecule has 0 aromatic carbocycles. The topological polar surface area (TPSA) is 44.4 Å². The van der Waals surface area contributed by atoms with Crippen molar-refractivity contribution in [1.29, 1.82) is 0 Å². The lowest BCUT2D eigenvalue weighted by Crippen LogP contribution is -2.52. The van der Waals surface area contributed by atoms with Gasteiger partial charge in [0.2, 0.25) is 5.91 Å². The van der Waals surface area contributed by atoms with Gasteiger partial charge in [-0.05, 0) is 13.0 Å². The van der Waals surface area contributed by atoms with Gasteiger partial charge in [0.1, 0.15) is 0 Å². The monoisotopic (exact) mass is 169 g/mol. The van der Waals surface area contributed by atoms with E-state index in [1.807, 2.05) is 0 Å². The molecule has 0 unspecified atom stereocenters. The number of amides is 1. The van der Waals surface area contributed by atoms with E-state index in [2.05, 4.69) is 15.5 Å². The standard InChI is InChI=1S/C8H15N3O/c12-8-6-11(4-3-10-8)7-1-2-9-5-7/h7,9H,1-6H2,(H,10,12)/t7-/m1/s1. The summed E-state index contributed by atoms with van der Waals surface area (Å²) >= 11 is 0. The molecule has 0 aromatic heterocycles. The first kappa shape index (κ1) is 8.01. The van der Waals surface area contributed by atoms with Crippen LogP contribution in [0.4, 0.5) is 0 Å². The van der Waals surface area contributed by atoms with Crippen molar-refractivity contribution in [3.8, 4) is 0 Å². The quantitative estimate of drug-likeness (QED) is 0.517. The zero-order valence-electron chi connectivity index (χ0n) is 7.18. The van der Waals surface area contributed by atoms with Crippen LogP contribution in [0.5, 0.6) is 0 Å². The Kier molecular flexibility index (Phi) is 2.28. The number of nitrogens with one attached hydrogen (secondary N) is 2. The van der Waals surface area contributed by atoms with Gasteiger partial charge in [0.25, 0.3) is 0 Å². The molecule has 2 N–H and O–H groups in total. The van der Waals surface area contributed by atoms with E-state index in [-0.39, 0.29) is 5.91 Å². The van der Waals surface area contributed by atoms with Crippen molar-refractivity contribution in [3.05, 3.63) is 0 Å². The lowest BCUT2D eigenvalue weighted by Gasteiger charge is -2.31. The van der Waals surface area contributed by atoms with Gasteiger partial charge in [-0.2, -0.15) is 0 Å². The number of hydrogen-bond donors (Lipinski definition) is 2. The first-order valence-corrected chi connectivity index (χ1v) is 4.58. The first-order valence-electron chi connectivity index (χ1n) is 4.58. The third kappa shape index (κ3) is 1.59. The minimum Gasteiger partial charge on any atom is -0.354 e. The fraction of sp³-hybridized carbons (Fsp3) is 0.875. The summed E-state index contributed by atoms with van der Waals surface area (Å²) in [5.74, 6) is 0.174. The SMILES string of the molecule is O=C1CN([C@@H]2CCNC2)CCN1. The zero-order valence-corrected chi connectivity index (χ0v) is 7.18. The molecule has 68 valence electrons. The van der Waals surface area contributed by atoms with E-state index in [0.717, 1.165) is 26.2 Å². The highest BCUT2D eigenvalue weighted by atomic mass is 16.2. The maximum absolute atomic E-state index is 11.1. The lowest BCUT2D eigenvalue weighted by molar-refractivity contribution is -0.124. The summed E-state index contributed by atoms with van der Waals surface area (Å²) in [7, 11) is 0. The summed E-state index contributed by atoms with van der Waals surface area (Å²) < 4.78 is 0. The molecule has 0 aliphatic carbocycles. The van der Waals surface area contributed by atoms with Crippen LogP contribution in [0, 0.1) is 0 Å². The minimum absolute atomic E-state index is 0.174. The third-order valence-corrected chi connectivity index (χ3v) is 2.62. The van der Waals surface area contributed by atoms with Crippen molar-refractivity contribution in [2.45, 2.75) is 12.5 Å². The largest absolute Gasteiger partial charge is 0.354 e. The van der Waals surface area contributed by atoms with Gasteiger partial charge >= 0.3 is 0 Å². The maximum Gasteiger partial charge on any atom is 0.234 e. The van der Waals surface area contributed by atoms with Crippen LogP contribution in [-0.2, 0) is 4.79 Å². The second kappa shape index (κ2) is 3.41. The molecule has 0 radical (unpaired) electrons. The smallest absolute Gasteiger partial charge is 0.234 e. The number of carbonyl (C=O) groups is 1. The van der Waals surface area contributed by atoms with Gasteiger partial charge in [-0.3, -0.25) is 9.69 Å². The summed E-state index contributed by atoms with van der Waals surface area (Å²) in [5.41, 5.74) is 0. The Morgan fingerprint density at radius 1 is 1.42 bits per heavy atom. The van der Waals surface area contributed by atoms with E-state index < -0.39 is 0 Å². The van der Waals surface area contributed by atoms with E-state index in [9.17, 15) is 4.79 Å². The second-order valence-electron chi connectivity index (χ2n) is 3.47. The van der Waals surface area contributed by atoms with Gasteiger partial charge in [0.15, 0.2) is 0 Å². The Morgan fingerprint density at radius 2 is 2.33 bits per heavy atom. The normalized spacial score (nSPS) is 32.0. The van der Waals surface area contributed by atoms with Crippen LogP contribution in [0.3, 0.4) is 0 Å². The number of nitrogens with zero attached hydrogens (tertiary/aromatic N) is 1. The predicted octanol–water partition coefficient (Wildman–Crippen LogP) is -1.22. The van der Waals surface area contributed by atoms with Crippen LogP contribution < -0.4 is 10.6 Å². The van der Waals surface area contributed by atoms with Crippen LogP contribution >= 0.6 is 0 Å². The molecule has 2 fully saturated rings. The third-order valence-electron chi connectivity index (χ3n) is 2.62. The Hall–Kier alpha value is -0.610. The van der Waals surface area contributed by atoms with Crippen LogP contribution in [0.2, 0.25) is 0 Å². The summed E-state index contributed by atoms with van der Waals surface area (Å²) in [5, 5.41) is 6.15. The maximum atomic E-state index is 11.1. The molecule has 2 aliphatic rings. The van der Waals surface area contributed by atoms with E-state index >= 15 is 0 Å². The molecule has 2 aliphatic heterocycles. The molecule has 2 heterocycles. The van der Waals surface area contributed by atoms with Crippen molar-refractivity contribution in [2.75, 3.05) is 32.7 Å². The highest BCUT2D eigenvalue weighted by molar-refractivity contribution is 5.78. The van der Waals surface area contributed by atoms with E-state index in [0.29, 0.717) is 12.6 Å². The van der Waals surface area contributed by atoms with Crippen molar-refractivity contribution in [3.63, 3.8) is 0 Å². The van der Waals surface area contributed by atoms with Gasteiger partial charge in [0.05, 0.1) is 6.54 Å². The lowest BCUT2D eigenvalue weighted by atomic mass is 10.2. The van der Waals surface area contributed by atoms with Crippen LogP contribution in [-0.4, -0.2) is 49.6 Å². The Labute approximate surface area is 72.3 Å². The molecule has 0 aromatic rings. The number of rotatable bonds is 1. The average molecular weight is 169 g/mol. The predicted molar refractivity (Wildman–Crippen MR) is 45.9 cm³/mol. The summed E-state index contributed by atoms with van der Waals surface area (Å²) in [4.78, 5) is 13.3. The fourth-order valence-corrected chi connectivity index (χ4v) is 1.92. The van der Waals surface area contributed by atoms with Crippen molar-refractivity contribution < 1.29 is 4.79 Å². The van der Waals surface area contributed by atoms with E-state index in [4.69, 9.17) is 0 Å². The molecule has 4 nitrogen and oxygen atoms in total. The van der Waals surface area contributed by atoms with E-state index in [1.165, 1.54) is 6.42 Å². The zero-order chi connectivity index (χ0) is 8.39. The summed E-state index contributed by atoms with van der Waals surface area (Å²) in [6, 6.07) is 0.594. The van der Waals surface area contributed by atoms with Gasteiger partial charge in [-0.1, -0.05) is 0 Å². The van der Waals surface area contributed by atoms with Crippen molar-refractivity contribution in [1.82, 2.24) is 15.5 Å². The first-order chi connectivity index (χ1) is 5.86. The molecule has 1 atom stereocenters. The van der Waals surface area contributed by atoms with Gasteiger partial charge in [-0.25, -0.2) is 0 Å². The average Bonchev–Trinajstić information content (AvgIpc) is 2.56. The Balaban J connectivity index is 1.89. The van der Waals surface area contributed by atoms with Crippen LogP contribution in [0.15, 0.2) is 0 Å². The van der Waals surface area contributed by atoms with Gasteiger partial charge < -0.3 is 10.6 Å². The Morgan fingerprint density at radius 3 is 3.00 bits per heavy atom. The summed E-state index contributed by atoms with van der Waals surface area (Å²) in [6.45, 7) is 4.57. The van der Waals surface area contributed by atoms with Crippen molar-refractivity contribution in [2.24, 2.45) is 0 Å². The molecule has 2 rings (SSSR count). The molecule has 4 heteroatoms. The molecular formula is C8H15N3O. The van der Waals surface area contributed by atoms with Crippen LogP contribution in [0.25, 0.3) is 0 Å². The summed E-state index contributed by atoms with van der Waals surface area (Å²) in [6.07, 6.45) is 1.19. The second-order valence-corrected chi connectivity index (χ2v) is 3.47. The number of hydrogen-bond acceptors (Lipinski definition) is 3. The molecule has 12 heavy (non-hydrogen) atoms. The highest BCUT2D eigenvalue weighted by Gasteiger charge is 2.25. The number of carbonyl (C=O) groups excluding carboxylic acids is 1. The molecule has 0 spiro atoms. The molecule has 1 amide bonds.